The van der Waals surface area contributed by atoms with Gasteiger partial charge in [-0.3, -0.25) is 0 Å². The molecule has 0 aliphatic carbocycles. The predicted molar refractivity (Wildman–Crippen MR) is 76.6 cm³/mol. The molecule has 88 valence electrons. The minimum atomic E-state index is 0.751. The average molecular weight is 264 g/mol. The van der Waals surface area contributed by atoms with Crippen molar-refractivity contribution >= 4 is 29.1 Å². The first kappa shape index (κ1) is 12.3. The van der Waals surface area contributed by atoms with Gasteiger partial charge in [-0.2, -0.15) is 0 Å². The van der Waals surface area contributed by atoms with Crippen LogP contribution < -0.4 is 5.73 Å². The average Bonchev–Trinajstić information content (AvgIpc) is 2.32. The molecule has 0 radical (unpaired) electrons. The van der Waals surface area contributed by atoms with Crippen molar-refractivity contribution in [3.63, 3.8) is 0 Å². The Balaban J connectivity index is 2.07. The van der Waals surface area contributed by atoms with Crippen molar-refractivity contribution in [1.82, 2.24) is 0 Å². The summed E-state index contributed by atoms with van der Waals surface area (Å²) in [5.41, 5.74) is 9.06. The van der Waals surface area contributed by atoms with E-state index in [2.05, 4.69) is 31.2 Å². The number of hydrogen-bond donors (Lipinski definition) is 1. The van der Waals surface area contributed by atoms with Gasteiger partial charge in [-0.1, -0.05) is 41.4 Å². The zero-order valence-corrected chi connectivity index (χ0v) is 11.2. The van der Waals surface area contributed by atoms with Crippen LogP contribution in [-0.2, 0) is 5.75 Å². The molecule has 0 unspecified atom stereocenters. The molecule has 0 bridgehead atoms. The van der Waals surface area contributed by atoms with Crippen molar-refractivity contribution in [1.29, 1.82) is 0 Å². The minimum Gasteiger partial charge on any atom is -0.399 e. The molecule has 0 spiro atoms. The van der Waals surface area contributed by atoms with E-state index in [0.29, 0.717) is 0 Å². The van der Waals surface area contributed by atoms with Crippen LogP contribution in [0.3, 0.4) is 0 Å². The summed E-state index contributed by atoms with van der Waals surface area (Å²) in [5.74, 6) is 0.906. The first-order valence-electron chi connectivity index (χ1n) is 5.38. The first-order valence-corrected chi connectivity index (χ1v) is 6.75. The number of nitrogens with two attached hydrogens (primary N) is 1. The standard InChI is InChI=1S/C14H14ClNS/c1-10-2-4-11(5-3-10)9-17-14-8-12(16)6-7-13(14)15/h2-8H,9,16H2,1H3. The van der Waals surface area contributed by atoms with Gasteiger partial charge in [0.2, 0.25) is 0 Å². The summed E-state index contributed by atoms with van der Waals surface area (Å²) in [4.78, 5) is 1.03. The van der Waals surface area contributed by atoms with Gasteiger partial charge >= 0.3 is 0 Å². The molecular formula is C14H14ClNS. The number of rotatable bonds is 3. The summed E-state index contributed by atoms with van der Waals surface area (Å²) in [6.45, 7) is 2.09. The molecule has 0 saturated carbocycles. The molecular weight excluding hydrogens is 250 g/mol. The van der Waals surface area contributed by atoms with Gasteiger partial charge < -0.3 is 5.73 Å². The van der Waals surface area contributed by atoms with Crippen LogP contribution in [0.15, 0.2) is 47.4 Å². The molecule has 0 fully saturated rings. The predicted octanol–water partition coefficient (Wildman–Crippen LogP) is 4.52. The second-order valence-corrected chi connectivity index (χ2v) is 5.39. The number of anilines is 1. The molecule has 2 rings (SSSR count). The fourth-order valence-corrected chi connectivity index (χ4v) is 2.70. The van der Waals surface area contributed by atoms with Crippen LogP contribution in [0.5, 0.6) is 0 Å². The first-order chi connectivity index (χ1) is 8.15. The van der Waals surface area contributed by atoms with Crippen molar-refractivity contribution in [2.24, 2.45) is 0 Å². The molecule has 0 atom stereocenters. The highest BCUT2D eigenvalue weighted by Gasteiger charge is 2.02. The van der Waals surface area contributed by atoms with Crippen LogP contribution in [-0.4, -0.2) is 0 Å². The molecule has 3 heteroatoms. The fourth-order valence-electron chi connectivity index (χ4n) is 1.48. The zero-order chi connectivity index (χ0) is 12.3. The molecule has 0 heterocycles. The van der Waals surface area contributed by atoms with Crippen molar-refractivity contribution < 1.29 is 0 Å². The van der Waals surface area contributed by atoms with Crippen molar-refractivity contribution in [2.45, 2.75) is 17.6 Å². The van der Waals surface area contributed by atoms with Gasteiger partial charge in [0.15, 0.2) is 0 Å². The van der Waals surface area contributed by atoms with Gasteiger partial charge in [0.05, 0.1) is 5.02 Å². The number of nitrogen functional groups attached to an aromatic ring is 1. The summed E-state index contributed by atoms with van der Waals surface area (Å²) in [6.07, 6.45) is 0. The van der Waals surface area contributed by atoms with Gasteiger partial charge in [-0.15, -0.1) is 11.8 Å². The summed E-state index contributed by atoms with van der Waals surface area (Å²) in [7, 11) is 0. The number of thioether (sulfide) groups is 1. The molecule has 2 N–H and O–H groups in total. The zero-order valence-electron chi connectivity index (χ0n) is 9.61. The summed E-state index contributed by atoms with van der Waals surface area (Å²) in [5, 5.41) is 0.760. The lowest BCUT2D eigenvalue weighted by atomic mass is 10.2. The molecule has 0 amide bonds. The number of halogens is 1. The maximum absolute atomic E-state index is 6.11. The SMILES string of the molecule is Cc1ccc(CSc2cc(N)ccc2Cl)cc1. The minimum absolute atomic E-state index is 0.751. The highest BCUT2D eigenvalue weighted by Crippen LogP contribution is 2.31. The topological polar surface area (TPSA) is 26.0 Å². The number of hydrogen-bond acceptors (Lipinski definition) is 2. The summed E-state index contributed by atoms with van der Waals surface area (Å²) < 4.78 is 0. The normalized spacial score (nSPS) is 10.5. The third-order valence-electron chi connectivity index (χ3n) is 2.47. The molecule has 0 aromatic heterocycles. The lowest BCUT2D eigenvalue weighted by molar-refractivity contribution is 1.35. The monoisotopic (exact) mass is 263 g/mol. The van der Waals surface area contributed by atoms with Gasteiger partial charge in [0, 0.05) is 16.3 Å². The maximum atomic E-state index is 6.11. The second-order valence-electron chi connectivity index (χ2n) is 3.96. The molecule has 0 saturated heterocycles. The van der Waals surface area contributed by atoms with Gasteiger partial charge in [0.25, 0.3) is 0 Å². The third-order valence-corrected chi connectivity index (χ3v) is 4.04. The molecule has 0 aliphatic rings. The van der Waals surface area contributed by atoms with Crippen LogP contribution in [0.2, 0.25) is 5.02 Å². The van der Waals surface area contributed by atoms with Crippen molar-refractivity contribution in [3.8, 4) is 0 Å². The molecule has 17 heavy (non-hydrogen) atoms. The smallest absolute Gasteiger partial charge is 0.0543 e. The second kappa shape index (κ2) is 5.48. The number of aryl methyl sites for hydroxylation is 1. The van der Waals surface area contributed by atoms with Gasteiger partial charge in [-0.05, 0) is 30.7 Å². The Bertz CT molecular complexity index is 508. The highest BCUT2D eigenvalue weighted by atomic mass is 35.5. The van der Waals surface area contributed by atoms with Crippen molar-refractivity contribution in [3.05, 3.63) is 58.6 Å². The Labute approximate surface area is 111 Å². The molecule has 2 aromatic carbocycles. The van der Waals surface area contributed by atoms with E-state index in [1.54, 1.807) is 11.8 Å². The fraction of sp³-hybridized carbons (Fsp3) is 0.143. The van der Waals surface area contributed by atoms with E-state index in [1.807, 2.05) is 18.2 Å². The quantitative estimate of drug-likeness (QED) is 0.651. The van der Waals surface area contributed by atoms with Crippen LogP contribution in [0, 0.1) is 6.92 Å². The summed E-state index contributed by atoms with van der Waals surface area (Å²) in [6, 6.07) is 14.1. The van der Waals surface area contributed by atoms with E-state index in [4.69, 9.17) is 17.3 Å². The lowest BCUT2D eigenvalue weighted by Crippen LogP contribution is -1.86. The Hall–Kier alpha value is -1.12. The van der Waals surface area contributed by atoms with Gasteiger partial charge in [-0.25, -0.2) is 0 Å². The Morgan fingerprint density at radius 2 is 1.82 bits per heavy atom. The van der Waals surface area contributed by atoms with Crippen LogP contribution in [0.1, 0.15) is 11.1 Å². The molecule has 0 aliphatic heterocycles. The van der Waals surface area contributed by atoms with Crippen LogP contribution in [0.25, 0.3) is 0 Å². The summed E-state index contributed by atoms with van der Waals surface area (Å²) >= 11 is 7.82. The van der Waals surface area contributed by atoms with Crippen LogP contribution in [0.4, 0.5) is 5.69 Å². The third kappa shape index (κ3) is 3.42. The maximum Gasteiger partial charge on any atom is 0.0543 e. The number of benzene rings is 2. The van der Waals surface area contributed by atoms with E-state index in [1.165, 1.54) is 11.1 Å². The molecule has 1 nitrogen and oxygen atoms in total. The Kier molecular flexibility index (Phi) is 3.97. The van der Waals surface area contributed by atoms with E-state index in [-0.39, 0.29) is 0 Å². The van der Waals surface area contributed by atoms with E-state index < -0.39 is 0 Å². The van der Waals surface area contributed by atoms with E-state index >= 15 is 0 Å². The molecule has 2 aromatic rings. The largest absolute Gasteiger partial charge is 0.399 e. The Morgan fingerprint density at radius 3 is 2.53 bits per heavy atom. The van der Waals surface area contributed by atoms with E-state index in [9.17, 15) is 0 Å². The Morgan fingerprint density at radius 1 is 1.12 bits per heavy atom. The van der Waals surface area contributed by atoms with Crippen molar-refractivity contribution in [2.75, 3.05) is 5.73 Å². The van der Waals surface area contributed by atoms with E-state index in [0.717, 1.165) is 21.4 Å². The van der Waals surface area contributed by atoms with Gasteiger partial charge in [0.1, 0.15) is 0 Å². The lowest BCUT2D eigenvalue weighted by Gasteiger charge is -2.05. The van der Waals surface area contributed by atoms with Crippen LogP contribution >= 0.6 is 23.4 Å². The highest BCUT2D eigenvalue weighted by molar-refractivity contribution is 7.98.